The van der Waals surface area contributed by atoms with Gasteiger partial charge in [0.1, 0.15) is 18.9 Å². The van der Waals surface area contributed by atoms with Gasteiger partial charge in [-0.25, -0.2) is 0 Å². The fourth-order valence-electron chi connectivity index (χ4n) is 2.62. The average Bonchev–Trinajstić information content (AvgIpc) is 2.96. The summed E-state index contributed by atoms with van der Waals surface area (Å²) in [5, 5.41) is 0.125. The largest absolute Gasteiger partial charge is 0.488 e. The van der Waals surface area contributed by atoms with Gasteiger partial charge in [-0.1, -0.05) is 39.7 Å². The van der Waals surface area contributed by atoms with Crippen molar-refractivity contribution in [3.8, 4) is 5.75 Å². The molecule has 0 saturated carbocycles. The molecule has 1 aliphatic heterocycles. The van der Waals surface area contributed by atoms with E-state index in [0.29, 0.717) is 22.9 Å². The lowest BCUT2D eigenvalue weighted by molar-refractivity contribution is -0.145. The lowest BCUT2D eigenvalue weighted by Gasteiger charge is -2.11. The van der Waals surface area contributed by atoms with Crippen LogP contribution in [0.5, 0.6) is 5.75 Å². The highest BCUT2D eigenvalue weighted by Crippen LogP contribution is 2.35. The van der Waals surface area contributed by atoms with Crippen molar-refractivity contribution in [3.63, 3.8) is 0 Å². The molecule has 0 aliphatic carbocycles. The Morgan fingerprint density at radius 1 is 1.20 bits per heavy atom. The van der Waals surface area contributed by atoms with Gasteiger partial charge in [0.15, 0.2) is 0 Å². The first-order chi connectivity index (χ1) is 14.4. The van der Waals surface area contributed by atoms with Gasteiger partial charge in [-0.2, -0.15) is 0 Å². The molecule has 9 heteroatoms. The molecule has 2 aromatic carbocycles. The SMILES string of the molecule is CCOC(=O)CN1C(=O)S/C(=C/c2cc(Br)ccc2OCc2ccc(Cl)cc2)C1=O. The summed E-state index contributed by atoms with van der Waals surface area (Å²) in [6.45, 7) is 1.74. The number of imide groups is 1. The molecule has 0 radical (unpaired) electrons. The van der Waals surface area contributed by atoms with Crippen molar-refractivity contribution < 1.29 is 23.9 Å². The number of rotatable bonds is 7. The number of amides is 2. The fraction of sp³-hybridized carbons (Fsp3) is 0.190. The van der Waals surface area contributed by atoms with Crippen molar-refractivity contribution in [2.45, 2.75) is 13.5 Å². The number of ether oxygens (including phenoxy) is 2. The molecular weight excluding hydrogens is 494 g/mol. The first-order valence-corrected chi connectivity index (χ1v) is 10.9. The van der Waals surface area contributed by atoms with Crippen molar-refractivity contribution in [2.75, 3.05) is 13.2 Å². The molecule has 0 N–H and O–H groups in total. The Labute approximate surface area is 191 Å². The van der Waals surface area contributed by atoms with Crippen LogP contribution in [0.25, 0.3) is 6.08 Å². The highest BCUT2D eigenvalue weighted by molar-refractivity contribution is 9.10. The molecular formula is C21H17BrClNO5S. The molecule has 156 valence electrons. The van der Waals surface area contributed by atoms with Crippen molar-refractivity contribution in [3.05, 3.63) is 68.0 Å². The molecule has 30 heavy (non-hydrogen) atoms. The van der Waals surface area contributed by atoms with E-state index in [1.807, 2.05) is 18.2 Å². The summed E-state index contributed by atoms with van der Waals surface area (Å²) >= 11 is 10.1. The average molecular weight is 511 g/mol. The first kappa shape index (κ1) is 22.4. The quantitative estimate of drug-likeness (QED) is 0.373. The summed E-state index contributed by atoms with van der Waals surface area (Å²) in [6.07, 6.45) is 1.58. The van der Waals surface area contributed by atoms with Crippen LogP contribution in [-0.4, -0.2) is 35.2 Å². The smallest absolute Gasteiger partial charge is 0.326 e. The van der Waals surface area contributed by atoms with Crippen molar-refractivity contribution in [1.29, 1.82) is 0 Å². The van der Waals surface area contributed by atoms with Crippen LogP contribution in [0.4, 0.5) is 4.79 Å². The van der Waals surface area contributed by atoms with E-state index in [0.717, 1.165) is 26.7 Å². The van der Waals surface area contributed by atoms with Gasteiger partial charge in [-0.15, -0.1) is 0 Å². The van der Waals surface area contributed by atoms with Crippen LogP contribution in [0, 0.1) is 0 Å². The highest BCUT2D eigenvalue weighted by atomic mass is 79.9. The van der Waals surface area contributed by atoms with Gasteiger partial charge < -0.3 is 9.47 Å². The summed E-state index contributed by atoms with van der Waals surface area (Å²) in [5.74, 6) is -0.623. The number of carbonyl (C=O) groups excluding carboxylic acids is 3. The first-order valence-electron chi connectivity index (χ1n) is 8.95. The van der Waals surface area contributed by atoms with Gasteiger partial charge in [0, 0.05) is 15.1 Å². The van der Waals surface area contributed by atoms with Crippen molar-refractivity contribution in [2.24, 2.45) is 0 Å². The molecule has 1 fully saturated rings. The maximum absolute atomic E-state index is 12.6. The summed E-state index contributed by atoms with van der Waals surface area (Å²) in [5.41, 5.74) is 1.56. The number of halogens is 2. The number of nitrogens with zero attached hydrogens (tertiary/aromatic N) is 1. The van der Waals surface area contributed by atoms with Gasteiger partial charge in [0.2, 0.25) is 0 Å². The monoisotopic (exact) mass is 509 g/mol. The lowest BCUT2D eigenvalue weighted by atomic mass is 10.1. The molecule has 1 heterocycles. The minimum absolute atomic E-state index is 0.178. The molecule has 1 aliphatic rings. The summed E-state index contributed by atoms with van der Waals surface area (Å²) in [7, 11) is 0. The number of esters is 1. The molecule has 6 nitrogen and oxygen atoms in total. The maximum atomic E-state index is 12.6. The Bertz CT molecular complexity index is 1010. The predicted octanol–water partition coefficient (Wildman–Crippen LogP) is 5.28. The zero-order valence-electron chi connectivity index (χ0n) is 15.9. The second-order valence-electron chi connectivity index (χ2n) is 6.17. The third-order valence-corrected chi connectivity index (χ3v) is 5.68. The second-order valence-corrected chi connectivity index (χ2v) is 8.52. The molecule has 2 aromatic rings. The van der Waals surface area contributed by atoms with E-state index in [-0.39, 0.29) is 11.5 Å². The van der Waals surface area contributed by atoms with E-state index < -0.39 is 23.7 Å². The molecule has 1 saturated heterocycles. The van der Waals surface area contributed by atoms with Crippen molar-refractivity contribution in [1.82, 2.24) is 4.90 Å². The Morgan fingerprint density at radius 2 is 1.93 bits per heavy atom. The van der Waals surface area contributed by atoms with Crippen LogP contribution >= 0.6 is 39.3 Å². The van der Waals surface area contributed by atoms with E-state index in [1.54, 1.807) is 37.3 Å². The molecule has 0 unspecified atom stereocenters. The number of benzene rings is 2. The third kappa shape index (κ3) is 5.65. The van der Waals surface area contributed by atoms with Crippen molar-refractivity contribution >= 4 is 62.5 Å². The highest BCUT2D eigenvalue weighted by Gasteiger charge is 2.36. The molecule has 0 aromatic heterocycles. The lowest BCUT2D eigenvalue weighted by Crippen LogP contribution is -2.34. The van der Waals surface area contributed by atoms with Crippen LogP contribution in [0.2, 0.25) is 5.02 Å². The van der Waals surface area contributed by atoms with Crippen LogP contribution in [-0.2, 0) is 20.9 Å². The number of carbonyl (C=O) groups is 3. The Balaban J connectivity index is 1.79. The van der Waals surface area contributed by atoms with Gasteiger partial charge in [0.05, 0.1) is 11.5 Å². The Morgan fingerprint density at radius 3 is 2.63 bits per heavy atom. The summed E-state index contributed by atoms with van der Waals surface area (Å²) in [4.78, 5) is 37.5. The fourth-order valence-corrected chi connectivity index (χ4v) is 3.95. The zero-order chi connectivity index (χ0) is 21.7. The Hall–Kier alpha value is -2.29. The van der Waals surface area contributed by atoms with E-state index in [2.05, 4.69) is 15.9 Å². The van der Waals surface area contributed by atoms with Gasteiger partial charge in [-0.05, 0) is 60.7 Å². The third-order valence-electron chi connectivity index (χ3n) is 4.03. The number of hydrogen-bond acceptors (Lipinski definition) is 6. The summed E-state index contributed by atoms with van der Waals surface area (Å²) in [6, 6.07) is 12.7. The second kappa shape index (κ2) is 10.1. The molecule has 2 amide bonds. The van der Waals surface area contributed by atoms with Crippen LogP contribution in [0.3, 0.4) is 0 Å². The topological polar surface area (TPSA) is 72.9 Å². The van der Waals surface area contributed by atoms with Crippen LogP contribution in [0.1, 0.15) is 18.1 Å². The standard InChI is InChI=1S/C21H17BrClNO5S/c1-2-28-19(25)11-24-20(26)18(30-21(24)27)10-14-9-15(22)5-8-17(14)29-12-13-3-6-16(23)7-4-13/h3-10H,2,11-12H2,1H3/b18-10+. The van der Waals surface area contributed by atoms with Gasteiger partial charge >= 0.3 is 5.97 Å². The van der Waals surface area contributed by atoms with E-state index in [1.165, 1.54) is 0 Å². The minimum atomic E-state index is -0.629. The maximum Gasteiger partial charge on any atom is 0.326 e. The summed E-state index contributed by atoms with van der Waals surface area (Å²) < 4.78 is 11.5. The van der Waals surface area contributed by atoms with E-state index >= 15 is 0 Å². The normalized spacial score (nSPS) is 15.0. The predicted molar refractivity (Wildman–Crippen MR) is 119 cm³/mol. The molecule has 0 spiro atoms. The van der Waals surface area contributed by atoms with Crippen LogP contribution < -0.4 is 4.74 Å². The molecule has 3 rings (SSSR count). The van der Waals surface area contributed by atoms with Gasteiger partial charge in [0.25, 0.3) is 11.1 Å². The number of thioether (sulfide) groups is 1. The van der Waals surface area contributed by atoms with E-state index in [9.17, 15) is 14.4 Å². The molecule has 0 atom stereocenters. The van der Waals surface area contributed by atoms with Crippen LogP contribution in [0.15, 0.2) is 51.8 Å². The zero-order valence-corrected chi connectivity index (χ0v) is 19.1. The molecule has 0 bridgehead atoms. The Kier molecular flexibility index (Phi) is 7.58. The van der Waals surface area contributed by atoms with E-state index in [4.69, 9.17) is 21.1 Å². The minimum Gasteiger partial charge on any atom is -0.488 e. The number of hydrogen-bond donors (Lipinski definition) is 0. The van der Waals surface area contributed by atoms with Gasteiger partial charge in [-0.3, -0.25) is 19.3 Å².